The number of methoxy groups -OCH3 is 2. The first-order valence-electron chi connectivity index (χ1n) is 7.75. The molecule has 0 amide bonds. The third-order valence-electron chi connectivity index (χ3n) is 3.74. The third-order valence-corrected chi connectivity index (χ3v) is 3.74. The number of hydrogen-bond donors (Lipinski definition) is 0. The summed E-state index contributed by atoms with van der Waals surface area (Å²) in [6, 6.07) is 9.58. The molecule has 0 aliphatic carbocycles. The number of aromatic nitrogens is 2. The van der Waals surface area contributed by atoms with E-state index in [-0.39, 0.29) is 12.4 Å². The van der Waals surface area contributed by atoms with Crippen LogP contribution in [0.1, 0.15) is 20.7 Å². The second-order valence-corrected chi connectivity index (χ2v) is 5.33. The number of Topliss-reactive ketones (excluding diaryl/α,β-unsaturated/α-hetero) is 1. The number of rotatable bonds is 6. The van der Waals surface area contributed by atoms with Crippen molar-refractivity contribution in [2.75, 3.05) is 20.8 Å². The maximum absolute atomic E-state index is 12.3. The van der Waals surface area contributed by atoms with Crippen LogP contribution in [-0.2, 0) is 4.74 Å². The van der Waals surface area contributed by atoms with Crippen LogP contribution in [0.2, 0.25) is 0 Å². The fraction of sp³-hybridized carbons (Fsp3) is 0.158. The fourth-order valence-electron chi connectivity index (χ4n) is 2.40. The molecule has 0 aliphatic rings. The van der Waals surface area contributed by atoms with Crippen LogP contribution in [-0.4, -0.2) is 42.5 Å². The van der Waals surface area contributed by atoms with Crippen LogP contribution in [0, 0.1) is 0 Å². The number of esters is 1. The highest BCUT2D eigenvalue weighted by Gasteiger charge is 2.15. The zero-order valence-electron chi connectivity index (χ0n) is 14.3. The standard InChI is InChI=1S/C19H16N2O5/c1-24-17-6-4-12(10-18(17)25-2)16(22)11-26-19(23)13-3-5-14-15(9-13)21-8-7-20-14/h3-10H,11H2,1-2H3. The molecular weight excluding hydrogens is 336 g/mol. The topological polar surface area (TPSA) is 87.6 Å². The van der Waals surface area contributed by atoms with Crippen molar-refractivity contribution in [1.82, 2.24) is 9.97 Å². The Labute approximate surface area is 149 Å². The van der Waals surface area contributed by atoms with Gasteiger partial charge in [-0.05, 0) is 36.4 Å². The predicted molar refractivity (Wildman–Crippen MR) is 93.7 cm³/mol. The van der Waals surface area contributed by atoms with Gasteiger partial charge in [0.15, 0.2) is 23.9 Å². The van der Waals surface area contributed by atoms with Crippen molar-refractivity contribution in [2.24, 2.45) is 0 Å². The Morgan fingerprint density at radius 1 is 0.846 bits per heavy atom. The molecular formula is C19H16N2O5. The number of nitrogens with zero attached hydrogens (tertiary/aromatic N) is 2. The van der Waals surface area contributed by atoms with Gasteiger partial charge in [-0.2, -0.15) is 0 Å². The predicted octanol–water partition coefficient (Wildman–Crippen LogP) is 2.69. The molecule has 3 rings (SSSR count). The molecule has 0 atom stereocenters. The molecule has 0 bridgehead atoms. The van der Waals surface area contributed by atoms with Gasteiger partial charge in [-0.15, -0.1) is 0 Å². The molecule has 0 radical (unpaired) electrons. The number of fused-ring (bicyclic) bond motifs is 1. The molecule has 0 unspecified atom stereocenters. The van der Waals surface area contributed by atoms with Crippen molar-refractivity contribution in [3.05, 3.63) is 59.9 Å². The summed E-state index contributed by atoms with van der Waals surface area (Å²) in [5.74, 6) is -0.0117. The largest absolute Gasteiger partial charge is 0.493 e. The van der Waals surface area contributed by atoms with Crippen LogP contribution in [0.25, 0.3) is 11.0 Å². The smallest absolute Gasteiger partial charge is 0.338 e. The molecule has 0 saturated carbocycles. The summed E-state index contributed by atoms with van der Waals surface area (Å²) < 4.78 is 15.4. The van der Waals surface area contributed by atoms with Crippen molar-refractivity contribution in [3.63, 3.8) is 0 Å². The summed E-state index contributed by atoms with van der Waals surface area (Å²) in [6.45, 7) is -0.382. The van der Waals surface area contributed by atoms with E-state index in [1.165, 1.54) is 20.4 Å². The van der Waals surface area contributed by atoms with Crippen molar-refractivity contribution >= 4 is 22.8 Å². The maximum Gasteiger partial charge on any atom is 0.338 e. The summed E-state index contributed by atoms with van der Waals surface area (Å²) >= 11 is 0. The molecule has 1 heterocycles. The van der Waals surface area contributed by atoms with E-state index in [4.69, 9.17) is 14.2 Å². The van der Waals surface area contributed by atoms with Gasteiger partial charge in [0.05, 0.1) is 30.8 Å². The van der Waals surface area contributed by atoms with Crippen LogP contribution in [0.3, 0.4) is 0 Å². The molecule has 0 N–H and O–H groups in total. The van der Waals surface area contributed by atoms with Crippen LogP contribution < -0.4 is 9.47 Å². The van der Waals surface area contributed by atoms with E-state index >= 15 is 0 Å². The molecule has 132 valence electrons. The molecule has 0 fully saturated rings. The zero-order valence-corrected chi connectivity index (χ0v) is 14.3. The summed E-state index contributed by atoms with van der Waals surface area (Å²) in [5.41, 5.74) is 1.91. The fourth-order valence-corrected chi connectivity index (χ4v) is 2.40. The van der Waals surface area contributed by atoms with Gasteiger partial charge in [0.2, 0.25) is 0 Å². The summed E-state index contributed by atoms with van der Waals surface area (Å²) in [6.07, 6.45) is 3.11. The van der Waals surface area contributed by atoms with E-state index < -0.39 is 5.97 Å². The minimum Gasteiger partial charge on any atom is -0.493 e. The van der Waals surface area contributed by atoms with Gasteiger partial charge < -0.3 is 14.2 Å². The van der Waals surface area contributed by atoms with Gasteiger partial charge in [-0.3, -0.25) is 14.8 Å². The Balaban J connectivity index is 1.69. The molecule has 7 nitrogen and oxygen atoms in total. The second kappa shape index (κ2) is 7.60. The van der Waals surface area contributed by atoms with Crippen molar-refractivity contribution in [2.45, 2.75) is 0 Å². The van der Waals surface area contributed by atoms with Crippen molar-refractivity contribution in [1.29, 1.82) is 0 Å². The average molecular weight is 352 g/mol. The Morgan fingerprint density at radius 2 is 1.54 bits per heavy atom. The highest BCUT2D eigenvalue weighted by atomic mass is 16.5. The van der Waals surface area contributed by atoms with Gasteiger partial charge in [0.1, 0.15) is 0 Å². The molecule has 26 heavy (non-hydrogen) atoms. The normalized spacial score (nSPS) is 10.4. The number of carbonyl (C=O) groups excluding carboxylic acids is 2. The second-order valence-electron chi connectivity index (χ2n) is 5.33. The van der Waals surface area contributed by atoms with Crippen LogP contribution >= 0.6 is 0 Å². The SMILES string of the molecule is COc1ccc(C(=O)COC(=O)c2ccc3nccnc3c2)cc1OC. The minimum atomic E-state index is -0.605. The van der Waals surface area contributed by atoms with E-state index in [9.17, 15) is 9.59 Å². The third kappa shape index (κ3) is 3.61. The summed E-state index contributed by atoms with van der Waals surface area (Å²) in [5, 5.41) is 0. The van der Waals surface area contributed by atoms with Gasteiger partial charge in [-0.1, -0.05) is 0 Å². The monoisotopic (exact) mass is 352 g/mol. The molecule has 1 aromatic heterocycles. The Morgan fingerprint density at radius 3 is 2.27 bits per heavy atom. The molecule has 2 aromatic carbocycles. The summed E-state index contributed by atoms with van der Waals surface area (Å²) in [4.78, 5) is 32.7. The molecule has 0 aliphatic heterocycles. The molecule has 3 aromatic rings. The number of carbonyl (C=O) groups is 2. The number of ether oxygens (including phenoxy) is 3. The lowest BCUT2D eigenvalue weighted by Crippen LogP contribution is -2.14. The van der Waals surface area contributed by atoms with Crippen LogP contribution in [0.5, 0.6) is 11.5 Å². The quantitative estimate of drug-likeness (QED) is 0.498. The van der Waals surface area contributed by atoms with Crippen molar-refractivity contribution < 1.29 is 23.8 Å². The Bertz CT molecular complexity index is 971. The first-order valence-corrected chi connectivity index (χ1v) is 7.75. The molecule has 7 heteroatoms. The minimum absolute atomic E-state index is 0.304. The average Bonchev–Trinajstić information content (AvgIpc) is 2.70. The van der Waals surface area contributed by atoms with E-state index in [0.29, 0.717) is 33.7 Å². The van der Waals surface area contributed by atoms with E-state index in [1.54, 1.807) is 42.6 Å². The number of benzene rings is 2. The van der Waals surface area contributed by atoms with Gasteiger partial charge in [0, 0.05) is 18.0 Å². The highest BCUT2D eigenvalue weighted by Crippen LogP contribution is 2.27. The highest BCUT2D eigenvalue weighted by molar-refractivity contribution is 6.00. The molecule has 0 spiro atoms. The van der Waals surface area contributed by atoms with E-state index in [2.05, 4.69) is 9.97 Å². The number of ketones is 1. The van der Waals surface area contributed by atoms with Gasteiger partial charge >= 0.3 is 5.97 Å². The Kier molecular flexibility index (Phi) is 5.07. The van der Waals surface area contributed by atoms with Crippen LogP contribution in [0.4, 0.5) is 0 Å². The maximum atomic E-state index is 12.3. The molecule has 0 saturated heterocycles. The van der Waals surface area contributed by atoms with Gasteiger partial charge in [-0.25, -0.2) is 4.79 Å². The summed E-state index contributed by atoms with van der Waals surface area (Å²) in [7, 11) is 2.99. The Hall–Kier alpha value is -3.48. The lowest BCUT2D eigenvalue weighted by atomic mass is 10.1. The van der Waals surface area contributed by atoms with Crippen molar-refractivity contribution in [3.8, 4) is 11.5 Å². The lowest BCUT2D eigenvalue weighted by molar-refractivity contribution is 0.0475. The lowest BCUT2D eigenvalue weighted by Gasteiger charge is -2.09. The first kappa shape index (κ1) is 17.3. The van der Waals surface area contributed by atoms with E-state index in [1.807, 2.05) is 0 Å². The van der Waals surface area contributed by atoms with E-state index in [0.717, 1.165) is 0 Å². The van der Waals surface area contributed by atoms with Gasteiger partial charge in [0.25, 0.3) is 0 Å². The number of hydrogen-bond acceptors (Lipinski definition) is 7. The van der Waals surface area contributed by atoms with Crippen LogP contribution in [0.15, 0.2) is 48.8 Å². The first-order chi connectivity index (χ1) is 12.6. The zero-order chi connectivity index (χ0) is 18.5.